The van der Waals surface area contributed by atoms with E-state index in [1.807, 2.05) is 27.7 Å². The number of hydrogen-bond acceptors (Lipinski definition) is 10. The fourth-order valence-corrected chi connectivity index (χ4v) is 8.51. The normalized spacial score (nSPS) is 49.4. The molecular formula is C29H42O10. The topological polar surface area (TPSA) is 163 Å². The summed E-state index contributed by atoms with van der Waals surface area (Å²) in [7, 11) is 0. The maximum atomic E-state index is 13.4. The van der Waals surface area contributed by atoms with E-state index in [0.29, 0.717) is 12.8 Å². The molecule has 8 unspecified atom stereocenters. The van der Waals surface area contributed by atoms with E-state index in [2.05, 4.69) is 0 Å². The van der Waals surface area contributed by atoms with E-state index < -0.39 is 100 Å². The van der Waals surface area contributed by atoms with Crippen LogP contribution in [0.1, 0.15) is 67.7 Å². The molecular weight excluding hydrogens is 508 g/mol. The Kier molecular flexibility index (Phi) is 6.31. The third kappa shape index (κ3) is 3.18. The molecule has 0 bridgehead atoms. The van der Waals surface area contributed by atoms with E-state index in [-0.39, 0.29) is 12.0 Å². The Balaban J connectivity index is 1.72. The zero-order valence-corrected chi connectivity index (χ0v) is 23.8. The molecule has 3 saturated carbocycles. The highest BCUT2D eigenvalue weighted by molar-refractivity contribution is 6.05. The van der Waals surface area contributed by atoms with Crippen molar-refractivity contribution in [2.45, 2.75) is 108 Å². The van der Waals surface area contributed by atoms with E-state index in [1.165, 1.54) is 13.0 Å². The van der Waals surface area contributed by atoms with Crippen molar-refractivity contribution in [2.75, 3.05) is 6.61 Å². The van der Waals surface area contributed by atoms with E-state index in [9.17, 15) is 34.8 Å². The van der Waals surface area contributed by atoms with Gasteiger partial charge in [-0.05, 0) is 25.3 Å². The third-order valence-corrected chi connectivity index (χ3v) is 11.0. The van der Waals surface area contributed by atoms with Gasteiger partial charge in [0.05, 0.1) is 24.2 Å². The van der Waals surface area contributed by atoms with Gasteiger partial charge in [0.1, 0.15) is 17.8 Å². The second kappa shape index (κ2) is 8.58. The molecule has 39 heavy (non-hydrogen) atoms. The zero-order valence-electron chi connectivity index (χ0n) is 23.8. The van der Waals surface area contributed by atoms with Crippen molar-refractivity contribution in [3.63, 3.8) is 0 Å². The van der Waals surface area contributed by atoms with Gasteiger partial charge in [0.25, 0.3) is 0 Å². The Bertz CT molecular complexity index is 1130. The highest BCUT2D eigenvalue weighted by Gasteiger charge is 2.93. The Morgan fingerprint density at radius 3 is 2.41 bits per heavy atom. The number of Topliss-reactive ketones (excluding diaryl/α,β-unsaturated/α-hetero) is 1. The van der Waals surface area contributed by atoms with Crippen LogP contribution in [0.3, 0.4) is 0 Å². The summed E-state index contributed by atoms with van der Waals surface area (Å²) in [6.45, 7) is 11.7. The molecule has 5 aliphatic rings. The minimum Gasteiger partial charge on any atom is -0.458 e. The van der Waals surface area contributed by atoms with Gasteiger partial charge in [0.2, 0.25) is 0 Å². The number of fused-ring (bicyclic) bond motifs is 7. The Morgan fingerprint density at radius 2 is 1.85 bits per heavy atom. The lowest BCUT2D eigenvalue weighted by Gasteiger charge is -2.53. The maximum absolute atomic E-state index is 13.4. The molecule has 4 aliphatic carbocycles. The molecule has 0 aromatic heterocycles. The molecule has 12 atom stereocenters. The smallest absolute Gasteiger partial charge is 0.309 e. The van der Waals surface area contributed by atoms with Crippen molar-refractivity contribution in [3.8, 4) is 0 Å². The predicted octanol–water partition coefficient (Wildman–Crippen LogP) is 1.06. The van der Waals surface area contributed by atoms with Gasteiger partial charge < -0.3 is 34.6 Å². The van der Waals surface area contributed by atoms with Crippen LogP contribution >= 0.6 is 0 Å². The molecule has 218 valence electrons. The van der Waals surface area contributed by atoms with Crippen molar-refractivity contribution in [1.29, 1.82) is 0 Å². The average molecular weight is 551 g/mol. The van der Waals surface area contributed by atoms with Crippen LogP contribution in [0.4, 0.5) is 0 Å². The summed E-state index contributed by atoms with van der Waals surface area (Å²) in [6, 6.07) is 0. The van der Waals surface area contributed by atoms with Crippen LogP contribution < -0.4 is 0 Å². The molecule has 1 heterocycles. The van der Waals surface area contributed by atoms with E-state index in [1.54, 1.807) is 13.8 Å². The monoisotopic (exact) mass is 550 g/mol. The highest BCUT2D eigenvalue weighted by atomic mass is 16.6. The van der Waals surface area contributed by atoms with Crippen LogP contribution in [0.5, 0.6) is 0 Å². The number of aliphatic hydroxyl groups excluding tert-OH is 2. The SMILES string of the molecule is CCCC(=O)OC1[C@@H](C)C2(O)[C@@H]3C=C(C)C(=O)C3(O)C(O)C3(CO)OC3[C@H]2[C@H]2C(C)(C)C12OC(=O)C(C)CC. The summed E-state index contributed by atoms with van der Waals surface area (Å²) in [6.07, 6.45) is -1.21. The molecule has 0 radical (unpaired) electrons. The third-order valence-electron chi connectivity index (χ3n) is 11.0. The Morgan fingerprint density at radius 1 is 1.21 bits per heavy atom. The van der Waals surface area contributed by atoms with Gasteiger partial charge in [-0.2, -0.15) is 0 Å². The Hall–Kier alpha value is -1.85. The standard InChI is InChI=1S/C29H42O10/c1-8-10-17(31)37-21-15(5)27(35)16-11-14(4)20(32)28(16,36)24(34)26(12-30)22(38-26)18(27)19-25(6,7)29(19,21)39-23(33)13(3)9-2/h11,13,15-16,18-19,21-22,24,30,34-36H,8-10,12H2,1-7H3/t13?,15-,16+,18-,19+,21?,22?,24?,26?,27?,28?,29?/m1/s1. The summed E-state index contributed by atoms with van der Waals surface area (Å²) in [4.78, 5) is 39.6. The number of epoxide rings is 1. The number of aliphatic hydroxyl groups is 4. The number of esters is 2. The van der Waals surface area contributed by atoms with E-state index in [0.717, 1.165) is 0 Å². The minimum atomic E-state index is -2.47. The van der Waals surface area contributed by atoms with Gasteiger partial charge in [-0.25, -0.2) is 0 Å². The molecule has 10 nitrogen and oxygen atoms in total. The summed E-state index contributed by atoms with van der Waals surface area (Å²) in [5, 5.41) is 46.6. The first-order valence-electron chi connectivity index (χ1n) is 14.2. The summed E-state index contributed by atoms with van der Waals surface area (Å²) >= 11 is 0. The van der Waals surface area contributed by atoms with Crippen molar-refractivity contribution in [2.24, 2.45) is 35.0 Å². The van der Waals surface area contributed by atoms with Gasteiger partial charge in [0, 0.05) is 35.5 Å². The van der Waals surface area contributed by atoms with Crippen molar-refractivity contribution >= 4 is 17.7 Å². The first-order chi connectivity index (χ1) is 18.1. The first-order valence-corrected chi connectivity index (χ1v) is 14.2. The Labute approximate surface area is 228 Å². The fourth-order valence-electron chi connectivity index (χ4n) is 8.51. The second-order valence-electron chi connectivity index (χ2n) is 13.1. The average Bonchev–Trinajstić information content (AvgIpc) is 3.71. The lowest BCUT2D eigenvalue weighted by atomic mass is 9.58. The van der Waals surface area contributed by atoms with Crippen LogP contribution in [0.25, 0.3) is 0 Å². The zero-order chi connectivity index (χ0) is 29.1. The molecule has 1 aliphatic heterocycles. The van der Waals surface area contributed by atoms with E-state index >= 15 is 0 Å². The number of rotatable bonds is 7. The molecule has 0 aromatic carbocycles. The van der Waals surface area contributed by atoms with Crippen LogP contribution in [-0.4, -0.2) is 85.5 Å². The van der Waals surface area contributed by atoms with Crippen molar-refractivity contribution in [1.82, 2.24) is 0 Å². The fraction of sp³-hybridized carbons (Fsp3) is 0.828. The molecule has 0 spiro atoms. The van der Waals surface area contributed by atoms with Gasteiger partial charge in [-0.15, -0.1) is 0 Å². The van der Waals surface area contributed by atoms with Gasteiger partial charge in [0.15, 0.2) is 17.0 Å². The quantitative estimate of drug-likeness (QED) is 0.266. The van der Waals surface area contributed by atoms with Gasteiger partial charge >= 0.3 is 11.9 Å². The molecule has 5 rings (SSSR count). The highest BCUT2D eigenvalue weighted by Crippen LogP contribution is 2.80. The lowest BCUT2D eigenvalue weighted by Crippen LogP contribution is -2.69. The molecule has 10 heteroatoms. The number of ketones is 1. The van der Waals surface area contributed by atoms with Crippen LogP contribution in [-0.2, 0) is 28.6 Å². The number of carbonyl (C=O) groups is 3. The van der Waals surface area contributed by atoms with E-state index in [4.69, 9.17) is 14.2 Å². The second-order valence-corrected chi connectivity index (χ2v) is 13.1. The lowest BCUT2D eigenvalue weighted by molar-refractivity contribution is -0.246. The largest absolute Gasteiger partial charge is 0.458 e. The molecule has 1 saturated heterocycles. The number of hydrogen-bond donors (Lipinski definition) is 4. The first kappa shape index (κ1) is 28.7. The molecule has 4 N–H and O–H groups in total. The molecule has 4 fully saturated rings. The van der Waals surface area contributed by atoms with Crippen LogP contribution in [0.15, 0.2) is 11.6 Å². The number of carbonyl (C=O) groups excluding carboxylic acids is 3. The predicted molar refractivity (Wildman–Crippen MR) is 136 cm³/mol. The van der Waals surface area contributed by atoms with Crippen LogP contribution in [0.2, 0.25) is 0 Å². The van der Waals surface area contributed by atoms with Gasteiger partial charge in [-0.3, -0.25) is 14.4 Å². The summed E-state index contributed by atoms with van der Waals surface area (Å²) in [5.41, 5.74) is -8.06. The van der Waals surface area contributed by atoms with Crippen molar-refractivity contribution in [3.05, 3.63) is 11.6 Å². The number of ether oxygens (including phenoxy) is 3. The molecule has 0 amide bonds. The van der Waals surface area contributed by atoms with Crippen molar-refractivity contribution < 1.29 is 49.0 Å². The molecule has 0 aromatic rings. The van der Waals surface area contributed by atoms with Gasteiger partial charge in [-0.1, -0.05) is 47.6 Å². The summed E-state index contributed by atoms with van der Waals surface area (Å²) in [5.74, 6) is -5.88. The summed E-state index contributed by atoms with van der Waals surface area (Å²) < 4.78 is 18.3. The maximum Gasteiger partial charge on any atom is 0.309 e. The minimum absolute atomic E-state index is 0.120. The van der Waals surface area contributed by atoms with Crippen LogP contribution in [0, 0.1) is 35.0 Å².